The molecule has 0 aliphatic heterocycles. The molecule has 0 spiro atoms. The Balaban J connectivity index is 1.71. The van der Waals surface area contributed by atoms with E-state index in [9.17, 15) is 0 Å². The van der Waals surface area contributed by atoms with Gasteiger partial charge in [0.05, 0.1) is 13.2 Å². The molecular formula is C17H26N6O2. The number of methoxy groups -OCH3 is 1. The molecule has 2 heterocycles. The van der Waals surface area contributed by atoms with Crippen molar-refractivity contribution >= 4 is 5.96 Å². The quantitative estimate of drug-likeness (QED) is 0.379. The second-order valence-corrected chi connectivity index (χ2v) is 5.30. The van der Waals surface area contributed by atoms with E-state index >= 15 is 0 Å². The highest BCUT2D eigenvalue weighted by atomic mass is 16.5. The van der Waals surface area contributed by atoms with Gasteiger partial charge in [0.15, 0.2) is 5.96 Å². The van der Waals surface area contributed by atoms with Crippen LogP contribution in [0.1, 0.15) is 12.0 Å². The number of guanidine groups is 1. The molecule has 25 heavy (non-hydrogen) atoms. The van der Waals surface area contributed by atoms with Gasteiger partial charge in [0.2, 0.25) is 0 Å². The minimum atomic E-state index is 0.629. The fraction of sp³-hybridized carbons (Fsp3) is 0.471. The molecule has 0 saturated carbocycles. The number of imidazole rings is 1. The Morgan fingerprint density at radius 1 is 1.24 bits per heavy atom. The summed E-state index contributed by atoms with van der Waals surface area (Å²) in [6, 6.07) is 4.00. The number of nitrogens with zero attached hydrogens (tertiary/aromatic N) is 4. The van der Waals surface area contributed by atoms with Gasteiger partial charge in [-0.15, -0.1) is 0 Å². The highest BCUT2D eigenvalue weighted by Crippen LogP contribution is 2.06. The summed E-state index contributed by atoms with van der Waals surface area (Å²) in [6.07, 6.45) is 8.03. The van der Waals surface area contributed by atoms with Gasteiger partial charge in [0.25, 0.3) is 0 Å². The number of ether oxygens (including phenoxy) is 2. The van der Waals surface area contributed by atoms with Crippen LogP contribution in [0.2, 0.25) is 0 Å². The van der Waals surface area contributed by atoms with Crippen molar-refractivity contribution in [3.63, 3.8) is 0 Å². The molecule has 0 bridgehead atoms. The zero-order chi connectivity index (χ0) is 17.7. The molecular weight excluding hydrogens is 320 g/mol. The van der Waals surface area contributed by atoms with Crippen LogP contribution in [0, 0.1) is 0 Å². The summed E-state index contributed by atoms with van der Waals surface area (Å²) in [5.74, 6) is 1.60. The molecule has 0 unspecified atom stereocenters. The third kappa shape index (κ3) is 6.90. The standard InChI is InChI=1S/C17H26N6O2/c1-18-17(21-5-3-9-25-11-10-24-2)22-13-15-4-6-20-16(12-15)23-8-7-19-14-23/h4,6-8,12,14H,3,5,9-11,13H2,1-2H3,(H2,18,21,22). The second-order valence-electron chi connectivity index (χ2n) is 5.30. The van der Waals surface area contributed by atoms with Crippen molar-refractivity contribution in [2.75, 3.05) is 40.5 Å². The van der Waals surface area contributed by atoms with Gasteiger partial charge in [-0.2, -0.15) is 0 Å². The highest BCUT2D eigenvalue weighted by Gasteiger charge is 2.01. The maximum atomic E-state index is 5.43. The maximum absolute atomic E-state index is 5.43. The van der Waals surface area contributed by atoms with Crippen molar-refractivity contribution in [2.24, 2.45) is 4.99 Å². The fourth-order valence-corrected chi connectivity index (χ4v) is 2.14. The SMILES string of the molecule is CN=C(NCCCOCCOC)NCc1ccnc(-n2ccnc2)c1. The number of hydrogen-bond acceptors (Lipinski definition) is 5. The van der Waals surface area contributed by atoms with E-state index in [0.29, 0.717) is 26.4 Å². The Morgan fingerprint density at radius 3 is 2.92 bits per heavy atom. The first-order valence-electron chi connectivity index (χ1n) is 8.28. The number of pyridine rings is 1. The minimum Gasteiger partial charge on any atom is -0.382 e. The number of hydrogen-bond donors (Lipinski definition) is 2. The van der Waals surface area contributed by atoms with E-state index in [2.05, 4.69) is 25.6 Å². The van der Waals surface area contributed by atoms with Gasteiger partial charge in [0.1, 0.15) is 12.1 Å². The molecule has 8 nitrogen and oxygen atoms in total. The summed E-state index contributed by atoms with van der Waals surface area (Å²) in [4.78, 5) is 12.6. The summed E-state index contributed by atoms with van der Waals surface area (Å²) < 4.78 is 12.2. The van der Waals surface area contributed by atoms with Gasteiger partial charge in [-0.05, 0) is 24.1 Å². The average molecular weight is 346 g/mol. The molecule has 2 aromatic rings. The van der Waals surface area contributed by atoms with E-state index < -0.39 is 0 Å². The molecule has 2 aromatic heterocycles. The largest absolute Gasteiger partial charge is 0.382 e. The van der Waals surface area contributed by atoms with Crippen LogP contribution in [0.15, 0.2) is 42.0 Å². The van der Waals surface area contributed by atoms with Crippen molar-refractivity contribution in [1.82, 2.24) is 25.2 Å². The topological polar surface area (TPSA) is 85.6 Å². The first kappa shape index (κ1) is 18.9. The van der Waals surface area contributed by atoms with Crippen molar-refractivity contribution in [3.8, 4) is 5.82 Å². The molecule has 2 rings (SSSR count). The minimum absolute atomic E-state index is 0.629. The number of nitrogens with one attached hydrogen (secondary N) is 2. The van der Waals surface area contributed by atoms with Crippen molar-refractivity contribution in [3.05, 3.63) is 42.6 Å². The van der Waals surface area contributed by atoms with Crippen LogP contribution in [0.5, 0.6) is 0 Å². The smallest absolute Gasteiger partial charge is 0.191 e. The Kier molecular flexibility index (Phi) is 8.43. The lowest BCUT2D eigenvalue weighted by atomic mass is 10.2. The fourth-order valence-electron chi connectivity index (χ4n) is 2.14. The third-order valence-electron chi connectivity index (χ3n) is 3.45. The van der Waals surface area contributed by atoms with Gasteiger partial charge in [-0.3, -0.25) is 9.56 Å². The van der Waals surface area contributed by atoms with Crippen LogP contribution in [-0.4, -0.2) is 61.0 Å². The molecule has 2 N–H and O–H groups in total. The van der Waals surface area contributed by atoms with E-state index in [1.807, 2.05) is 22.9 Å². The predicted molar refractivity (Wildman–Crippen MR) is 96.9 cm³/mol. The lowest BCUT2D eigenvalue weighted by molar-refractivity contribution is 0.0698. The van der Waals surface area contributed by atoms with E-state index in [-0.39, 0.29) is 0 Å². The molecule has 0 saturated heterocycles. The Hall–Kier alpha value is -2.45. The van der Waals surface area contributed by atoms with Gasteiger partial charge in [-0.25, -0.2) is 9.97 Å². The Morgan fingerprint density at radius 2 is 2.16 bits per heavy atom. The van der Waals surface area contributed by atoms with Crippen LogP contribution in [0.25, 0.3) is 5.82 Å². The summed E-state index contributed by atoms with van der Waals surface area (Å²) in [7, 11) is 3.43. The third-order valence-corrected chi connectivity index (χ3v) is 3.45. The molecule has 0 atom stereocenters. The van der Waals surface area contributed by atoms with Crippen molar-refractivity contribution < 1.29 is 9.47 Å². The van der Waals surface area contributed by atoms with E-state index in [0.717, 1.165) is 30.3 Å². The molecule has 8 heteroatoms. The number of aromatic nitrogens is 3. The highest BCUT2D eigenvalue weighted by molar-refractivity contribution is 5.79. The van der Waals surface area contributed by atoms with Crippen LogP contribution < -0.4 is 10.6 Å². The Bertz CT molecular complexity index is 630. The second kappa shape index (κ2) is 11.2. The van der Waals surface area contributed by atoms with E-state index in [1.165, 1.54) is 0 Å². The first-order valence-corrected chi connectivity index (χ1v) is 8.28. The molecule has 0 aromatic carbocycles. The number of rotatable bonds is 10. The van der Waals surface area contributed by atoms with Crippen LogP contribution in [-0.2, 0) is 16.0 Å². The predicted octanol–water partition coefficient (Wildman–Crippen LogP) is 0.985. The van der Waals surface area contributed by atoms with E-state index in [4.69, 9.17) is 9.47 Å². The summed E-state index contributed by atoms with van der Waals surface area (Å²) in [6.45, 7) is 3.41. The summed E-state index contributed by atoms with van der Waals surface area (Å²) in [5.41, 5.74) is 1.12. The van der Waals surface area contributed by atoms with Crippen molar-refractivity contribution in [1.29, 1.82) is 0 Å². The first-order chi connectivity index (χ1) is 12.3. The lowest BCUT2D eigenvalue weighted by Gasteiger charge is -2.12. The van der Waals surface area contributed by atoms with Crippen LogP contribution >= 0.6 is 0 Å². The summed E-state index contributed by atoms with van der Waals surface area (Å²) >= 11 is 0. The zero-order valence-electron chi connectivity index (χ0n) is 14.8. The summed E-state index contributed by atoms with van der Waals surface area (Å²) in [5, 5.41) is 6.56. The number of aliphatic imine (C=N–C) groups is 1. The van der Waals surface area contributed by atoms with Gasteiger partial charge in [-0.1, -0.05) is 0 Å². The lowest BCUT2D eigenvalue weighted by Crippen LogP contribution is -2.37. The van der Waals surface area contributed by atoms with Gasteiger partial charge >= 0.3 is 0 Å². The molecule has 0 aliphatic rings. The normalized spacial score (nSPS) is 11.5. The molecule has 136 valence electrons. The van der Waals surface area contributed by atoms with Gasteiger partial charge < -0.3 is 20.1 Å². The van der Waals surface area contributed by atoms with Gasteiger partial charge in [0, 0.05) is 52.4 Å². The molecule has 0 amide bonds. The average Bonchev–Trinajstić information content (AvgIpc) is 3.18. The van der Waals surface area contributed by atoms with Crippen LogP contribution in [0.4, 0.5) is 0 Å². The van der Waals surface area contributed by atoms with Crippen LogP contribution in [0.3, 0.4) is 0 Å². The maximum Gasteiger partial charge on any atom is 0.191 e. The molecule has 0 fully saturated rings. The Labute approximate surface area is 148 Å². The molecule has 0 radical (unpaired) electrons. The monoisotopic (exact) mass is 346 g/mol. The molecule has 0 aliphatic carbocycles. The zero-order valence-corrected chi connectivity index (χ0v) is 14.8. The van der Waals surface area contributed by atoms with Crippen molar-refractivity contribution in [2.45, 2.75) is 13.0 Å². The van der Waals surface area contributed by atoms with E-state index in [1.54, 1.807) is 32.9 Å².